The SMILES string of the molecule is CCCC(O)C=CC1CCC(O)C1CC=CCCCC(=O)O. The third kappa shape index (κ3) is 7.23. The number of carboxylic acid groups (broad SMARTS) is 1. The maximum atomic E-state index is 10.4. The molecule has 0 spiro atoms. The lowest BCUT2D eigenvalue weighted by Gasteiger charge is -2.18. The van der Waals surface area contributed by atoms with Crippen LogP contribution in [0.2, 0.25) is 0 Å². The van der Waals surface area contributed by atoms with Gasteiger partial charge in [0.15, 0.2) is 0 Å². The summed E-state index contributed by atoms with van der Waals surface area (Å²) in [6.45, 7) is 2.05. The fourth-order valence-electron chi connectivity index (χ4n) is 3.05. The minimum atomic E-state index is -0.754. The quantitative estimate of drug-likeness (QED) is 0.427. The van der Waals surface area contributed by atoms with E-state index in [4.69, 9.17) is 5.11 Å². The normalized spacial score (nSPS) is 27.0. The van der Waals surface area contributed by atoms with E-state index >= 15 is 0 Å². The summed E-state index contributed by atoms with van der Waals surface area (Å²) in [7, 11) is 0. The Morgan fingerprint density at radius 3 is 2.77 bits per heavy atom. The van der Waals surface area contributed by atoms with E-state index in [1.807, 2.05) is 19.1 Å². The summed E-state index contributed by atoms with van der Waals surface area (Å²) >= 11 is 0. The molecular formula is C18H30O4. The lowest BCUT2D eigenvalue weighted by atomic mass is 9.90. The predicted octanol–water partition coefficient (Wildman–Crippen LogP) is 3.29. The Morgan fingerprint density at radius 2 is 2.09 bits per heavy atom. The molecule has 22 heavy (non-hydrogen) atoms. The number of aliphatic carboxylic acids is 1. The highest BCUT2D eigenvalue weighted by Crippen LogP contribution is 2.36. The Kier molecular flexibility index (Phi) is 9.09. The number of hydrogen-bond acceptors (Lipinski definition) is 3. The molecule has 4 atom stereocenters. The highest BCUT2D eigenvalue weighted by Gasteiger charge is 2.32. The van der Waals surface area contributed by atoms with Gasteiger partial charge in [-0.3, -0.25) is 4.79 Å². The first-order chi connectivity index (χ1) is 10.5. The van der Waals surface area contributed by atoms with Crippen molar-refractivity contribution < 1.29 is 20.1 Å². The zero-order valence-electron chi connectivity index (χ0n) is 13.5. The van der Waals surface area contributed by atoms with Gasteiger partial charge in [0, 0.05) is 6.42 Å². The third-order valence-electron chi connectivity index (χ3n) is 4.34. The number of allylic oxidation sites excluding steroid dienone is 3. The fourth-order valence-corrected chi connectivity index (χ4v) is 3.05. The summed E-state index contributed by atoms with van der Waals surface area (Å²) in [5, 5.41) is 28.4. The molecule has 0 heterocycles. The molecule has 4 nitrogen and oxygen atoms in total. The summed E-state index contributed by atoms with van der Waals surface area (Å²) in [5.41, 5.74) is 0. The first-order valence-corrected chi connectivity index (χ1v) is 8.45. The van der Waals surface area contributed by atoms with E-state index < -0.39 is 5.97 Å². The zero-order chi connectivity index (χ0) is 16.4. The van der Waals surface area contributed by atoms with Crippen molar-refractivity contribution in [3.63, 3.8) is 0 Å². The van der Waals surface area contributed by atoms with Crippen LogP contribution in [0.25, 0.3) is 0 Å². The summed E-state index contributed by atoms with van der Waals surface area (Å²) in [4.78, 5) is 10.4. The van der Waals surface area contributed by atoms with Gasteiger partial charge in [-0.05, 0) is 50.4 Å². The standard InChI is InChI=1S/C18H30O4/c1-2-7-15(19)12-10-14-11-13-17(20)16(14)8-5-3-4-6-9-18(21)22/h3,5,10,12,14-17,19-20H,2,4,6-9,11,13H2,1H3,(H,21,22). The molecule has 0 aromatic carbocycles. The minimum absolute atomic E-state index is 0.205. The fraction of sp³-hybridized carbons (Fsp3) is 0.722. The molecule has 0 bridgehead atoms. The second-order valence-electron chi connectivity index (χ2n) is 6.21. The Labute approximate surface area is 133 Å². The van der Waals surface area contributed by atoms with Crippen LogP contribution < -0.4 is 0 Å². The number of unbranched alkanes of at least 4 members (excludes halogenated alkanes) is 1. The van der Waals surface area contributed by atoms with Crippen LogP contribution in [0.4, 0.5) is 0 Å². The molecule has 0 aromatic heterocycles. The molecule has 0 saturated heterocycles. The van der Waals surface area contributed by atoms with Crippen molar-refractivity contribution in [3.8, 4) is 0 Å². The maximum Gasteiger partial charge on any atom is 0.303 e. The summed E-state index contributed by atoms with van der Waals surface area (Å²) in [6.07, 6.45) is 13.3. The van der Waals surface area contributed by atoms with E-state index in [2.05, 4.69) is 12.2 Å². The summed E-state index contributed by atoms with van der Waals surface area (Å²) < 4.78 is 0. The Hall–Kier alpha value is -1.13. The van der Waals surface area contributed by atoms with E-state index in [-0.39, 0.29) is 24.5 Å². The van der Waals surface area contributed by atoms with Crippen molar-refractivity contribution in [1.82, 2.24) is 0 Å². The molecule has 3 N–H and O–H groups in total. The minimum Gasteiger partial charge on any atom is -0.481 e. The Morgan fingerprint density at radius 1 is 1.32 bits per heavy atom. The molecule has 126 valence electrons. The van der Waals surface area contributed by atoms with Crippen LogP contribution in [-0.2, 0) is 4.79 Å². The van der Waals surface area contributed by atoms with E-state index in [1.54, 1.807) is 0 Å². The number of hydrogen-bond donors (Lipinski definition) is 3. The van der Waals surface area contributed by atoms with Gasteiger partial charge in [0.05, 0.1) is 12.2 Å². The molecule has 1 rings (SSSR count). The van der Waals surface area contributed by atoms with Crippen molar-refractivity contribution in [2.75, 3.05) is 0 Å². The number of carbonyl (C=O) groups is 1. The largest absolute Gasteiger partial charge is 0.481 e. The molecule has 1 fully saturated rings. The van der Waals surface area contributed by atoms with Crippen LogP contribution >= 0.6 is 0 Å². The van der Waals surface area contributed by atoms with Gasteiger partial charge in [-0.1, -0.05) is 37.6 Å². The number of rotatable bonds is 10. The Balaban J connectivity index is 2.38. The van der Waals surface area contributed by atoms with Gasteiger partial charge >= 0.3 is 5.97 Å². The van der Waals surface area contributed by atoms with Crippen LogP contribution in [0.15, 0.2) is 24.3 Å². The molecule has 4 unspecified atom stereocenters. The molecule has 0 radical (unpaired) electrons. The average molecular weight is 310 g/mol. The molecule has 4 heteroatoms. The van der Waals surface area contributed by atoms with Gasteiger partial charge in [0.1, 0.15) is 0 Å². The maximum absolute atomic E-state index is 10.4. The highest BCUT2D eigenvalue weighted by molar-refractivity contribution is 5.66. The lowest BCUT2D eigenvalue weighted by molar-refractivity contribution is -0.137. The first kappa shape index (κ1) is 18.9. The number of carboxylic acids is 1. The van der Waals surface area contributed by atoms with Crippen molar-refractivity contribution in [1.29, 1.82) is 0 Å². The van der Waals surface area contributed by atoms with Crippen LogP contribution in [0.1, 0.15) is 58.3 Å². The molecule has 0 aromatic rings. The molecule has 1 saturated carbocycles. The zero-order valence-corrected chi connectivity index (χ0v) is 13.5. The van der Waals surface area contributed by atoms with Gasteiger partial charge in [-0.25, -0.2) is 0 Å². The van der Waals surface area contributed by atoms with Crippen LogP contribution in [0.3, 0.4) is 0 Å². The first-order valence-electron chi connectivity index (χ1n) is 8.45. The summed E-state index contributed by atoms with van der Waals surface area (Å²) in [5.74, 6) is -0.221. The smallest absolute Gasteiger partial charge is 0.303 e. The second-order valence-corrected chi connectivity index (χ2v) is 6.21. The van der Waals surface area contributed by atoms with Crippen molar-refractivity contribution in [3.05, 3.63) is 24.3 Å². The van der Waals surface area contributed by atoms with Gasteiger partial charge in [0.25, 0.3) is 0 Å². The van der Waals surface area contributed by atoms with Gasteiger partial charge in [-0.2, -0.15) is 0 Å². The molecule has 1 aliphatic carbocycles. The number of aliphatic hydroxyl groups excluding tert-OH is 2. The molecule has 1 aliphatic rings. The van der Waals surface area contributed by atoms with Crippen LogP contribution in [0.5, 0.6) is 0 Å². The van der Waals surface area contributed by atoms with Gasteiger partial charge in [0.2, 0.25) is 0 Å². The summed E-state index contributed by atoms with van der Waals surface area (Å²) in [6, 6.07) is 0. The van der Waals surface area contributed by atoms with Crippen molar-refractivity contribution in [2.45, 2.75) is 70.5 Å². The monoisotopic (exact) mass is 310 g/mol. The van der Waals surface area contributed by atoms with Gasteiger partial charge in [-0.15, -0.1) is 0 Å². The number of aliphatic hydroxyl groups is 2. The van der Waals surface area contributed by atoms with Crippen LogP contribution in [-0.4, -0.2) is 33.5 Å². The second kappa shape index (κ2) is 10.6. The predicted molar refractivity (Wildman–Crippen MR) is 87.5 cm³/mol. The van der Waals surface area contributed by atoms with E-state index in [9.17, 15) is 15.0 Å². The third-order valence-corrected chi connectivity index (χ3v) is 4.34. The Bertz CT molecular complexity index is 375. The topological polar surface area (TPSA) is 77.8 Å². The highest BCUT2D eigenvalue weighted by atomic mass is 16.4. The van der Waals surface area contributed by atoms with Crippen molar-refractivity contribution >= 4 is 5.97 Å². The molecular weight excluding hydrogens is 280 g/mol. The van der Waals surface area contributed by atoms with E-state index in [0.717, 1.165) is 38.5 Å². The van der Waals surface area contributed by atoms with E-state index in [0.29, 0.717) is 12.3 Å². The van der Waals surface area contributed by atoms with Gasteiger partial charge < -0.3 is 15.3 Å². The molecule has 0 amide bonds. The van der Waals surface area contributed by atoms with Crippen molar-refractivity contribution in [2.24, 2.45) is 11.8 Å². The van der Waals surface area contributed by atoms with E-state index in [1.165, 1.54) is 0 Å². The lowest BCUT2D eigenvalue weighted by Crippen LogP contribution is -2.17. The van der Waals surface area contributed by atoms with Crippen LogP contribution in [0, 0.1) is 11.8 Å². The molecule has 0 aliphatic heterocycles. The average Bonchev–Trinajstić information content (AvgIpc) is 2.81.